The van der Waals surface area contributed by atoms with Crippen molar-refractivity contribution in [3.05, 3.63) is 28.0 Å². The number of benzene rings is 1. The molecule has 0 spiro atoms. The second-order valence-corrected chi connectivity index (χ2v) is 3.87. The molecule has 4 nitrogen and oxygen atoms in total. The second-order valence-electron chi connectivity index (χ2n) is 3.02. The molecule has 1 aromatic carbocycles. The molecule has 0 unspecified atom stereocenters. The number of Topliss-reactive ketones (excluding diaryl/α,β-unsaturated/α-hetero) is 1. The van der Waals surface area contributed by atoms with E-state index in [4.69, 9.17) is 4.74 Å². The Hall–Kier alpha value is -1.43. The van der Waals surface area contributed by atoms with Crippen LogP contribution in [0.4, 0.5) is 4.39 Å². The quantitative estimate of drug-likeness (QED) is 0.487. The third-order valence-electron chi connectivity index (χ3n) is 1.95. The first kappa shape index (κ1) is 13.6. The lowest BCUT2D eigenvalue weighted by molar-refractivity contribution is -0.137. The van der Waals surface area contributed by atoms with Crippen molar-refractivity contribution in [2.45, 2.75) is 6.92 Å². The summed E-state index contributed by atoms with van der Waals surface area (Å²) in [7, 11) is 1.32. The van der Waals surface area contributed by atoms with Gasteiger partial charge < -0.3 is 9.47 Å². The lowest BCUT2D eigenvalue weighted by atomic mass is 10.1. The SMILES string of the molecule is CCOC(=O)C(=O)c1cc(F)c(Br)cc1OC. The Morgan fingerprint density at radius 1 is 1.41 bits per heavy atom. The highest BCUT2D eigenvalue weighted by atomic mass is 79.9. The molecular formula is C11H10BrFO4. The Balaban J connectivity index is 3.16. The summed E-state index contributed by atoms with van der Waals surface area (Å²) in [5, 5.41) is 0. The van der Waals surface area contributed by atoms with Crippen molar-refractivity contribution >= 4 is 27.7 Å². The van der Waals surface area contributed by atoms with E-state index in [1.165, 1.54) is 13.2 Å². The summed E-state index contributed by atoms with van der Waals surface area (Å²) >= 11 is 2.96. The first-order valence-electron chi connectivity index (χ1n) is 4.75. The predicted molar refractivity (Wildman–Crippen MR) is 61.6 cm³/mol. The zero-order valence-electron chi connectivity index (χ0n) is 9.25. The number of carbonyl (C=O) groups is 2. The van der Waals surface area contributed by atoms with E-state index in [0.717, 1.165) is 6.07 Å². The van der Waals surface area contributed by atoms with Gasteiger partial charge in [-0.15, -0.1) is 0 Å². The van der Waals surface area contributed by atoms with Gasteiger partial charge in [0.2, 0.25) is 0 Å². The second kappa shape index (κ2) is 5.77. The fourth-order valence-corrected chi connectivity index (χ4v) is 1.50. The maximum Gasteiger partial charge on any atom is 0.379 e. The molecule has 17 heavy (non-hydrogen) atoms. The summed E-state index contributed by atoms with van der Waals surface area (Å²) in [4.78, 5) is 22.9. The Bertz CT molecular complexity index is 459. The van der Waals surface area contributed by atoms with Crippen molar-refractivity contribution in [1.29, 1.82) is 0 Å². The molecule has 0 aliphatic carbocycles. The van der Waals surface area contributed by atoms with Crippen LogP contribution in [0.25, 0.3) is 0 Å². The first-order chi connectivity index (χ1) is 8.01. The molecule has 0 N–H and O–H groups in total. The van der Waals surface area contributed by atoms with Gasteiger partial charge in [-0.1, -0.05) is 0 Å². The van der Waals surface area contributed by atoms with Gasteiger partial charge >= 0.3 is 5.97 Å². The van der Waals surface area contributed by atoms with Gasteiger partial charge in [-0.3, -0.25) is 4.79 Å². The van der Waals surface area contributed by atoms with E-state index in [1.807, 2.05) is 0 Å². The van der Waals surface area contributed by atoms with Crippen LogP contribution in [0.5, 0.6) is 5.75 Å². The van der Waals surface area contributed by atoms with Crippen LogP contribution in [-0.4, -0.2) is 25.5 Å². The van der Waals surface area contributed by atoms with E-state index >= 15 is 0 Å². The van der Waals surface area contributed by atoms with Crippen LogP contribution in [0.1, 0.15) is 17.3 Å². The normalized spacial score (nSPS) is 9.88. The van der Waals surface area contributed by atoms with Crippen LogP contribution in [0.15, 0.2) is 16.6 Å². The lowest BCUT2D eigenvalue weighted by Gasteiger charge is -2.08. The zero-order chi connectivity index (χ0) is 13.0. The number of hydrogen-bond acceptors (Lipinski definition) is 4. The van der Waals surface area contributed by atoms with E-state index < -0.39 is 17.6 Å². The van der Waals surface area contributed by atoms with Gasteiger partial charge in [0.15, 0.2) is 0 Å². The van der Waals surface area contributed by atoms with Crippen LogP contribution in [0.2, 0.25) is 0 Å². The molecule has 1 aromatic rings. The van der Waals surface area contributed by atoms with Gasteiger partial charge in [-0.05, 0) is 35.0 Å². The molecule has 0 fully saturated rings. The minimum absolute atomic E-state index is 0.0753. The van der Waals surface area contributed by atoms with Crippen molar-refractivity contribution in [3.63, 3.8) is 0 Å². The van der Waals surface area contributed by atoms with E-state index in [2.05, 4.69) is 20.7 Å². The number of rotatable bonds is 4. The molecule has 0 atom stereocenters. The Kier molecular flexibility index (Phi) is 4.62. The number of methoxy groups -OCH3 is 1. The van der Waals surface area contributed by atoms with Gasteiger partial charge in [0.25, 0.3) is 5.78 Å². The highest BCUT2D eigenvalue weighted by molar-refractivity contribution is 9.10. The molecule has 0 aliphatic heterocycles. The standard InChI is InChI=1S/C11H10BrFO4/c1-3-17-11(15)10(14)6-4-8(13)7(12)5-9(6)16-2/h4-5H,3H2,1-2H3. The number of hydrogen-bond donors (Lipinski definition) is 0. The molecule has 0 aromatic heterocycles. The van der Waals surface area contributed by atoms with E-state index in [9.17, 15) is 14.0 Å². The molecule has 0 radical (unpaired) electrons. The fraction of sp³-hybridized carbons (Fsp3) is 0.273. The molecule has 6 heteroatoms. The van der Waals surface area contributed by atoms with Crippen molar-refractivity contribution < 1.29 is 23.5 Å². The fourth-order valence-electron chi connectivity index (χ4n) is 1.18. The summed E-state index contributed by atoms with van der Waals surface area (Å²) in [5.41, 5.74) is -0.161. The summed E-state index contributed by atoms with van der Waals surface area (Å²) in [6, 6.07) is 2.21. The predicted octanol–water partition coefficient (Wildman–Crippen LogP) is 2.34. The third-order valence-corrected chi connectivity index (χ3v) is 2.56. The summed E-state index contributed by atoms with van der Waals surface area (Å²) in [6.07, 6.45) is 0. The minimum Gasteiger partial charge on any atom is -0.496 e. The average molecular weight is 305 g/mol. The van der Waals surface area contributed by atoms with Gasteiger partial charge in [0.05, 0.1) is 23.8 Å². The number of halogens is 2. The summed E-state index contributed by atoms with van der Waals surface area (Å²) in [5.74, 6) is -2.52. The maximum absolute atomic E-state index is 13.3. The monoisotopic (exact) mass is 304 g/mol. The maximum atomic E-state index is 13.3. The highest BCUT2D eigenvalue weighted by Crippen LogP contribution is 2.27. The smallest absolute Gasteiger partial charge is 0.379 e. The van der Waals surface area contributed by atoms with Crippen molar-refractivity contribution in [3.8, 4) is 5.75 Å². The Morgan fingerprint density at radius 3 is 2.59 bits per heavy atom. The molecule has 0 saturated carbocycles. The Morgan fingerprint density at radius 2 is 2.06 bits per heavy atom. The van der Waals surface area contributed by atoms with Crippen LogP contribution in [0.3, 0.4) is 0 Å². The topological polar surface area (TPSA) is 52.6 Å². The van der Waals surface area contributed by atoms with Crippen LogP contribution in [-0.2, 0) is 9.53 Å². The van der Waals surface area contributed by atoms with Crippen molar-refractivity contribution in [1.82, 2.24) is 0 Å². The van der Waals surface area contributed by atoms with E-state index in [0.29, 0.717) is 0 Å². The third kappa shape index (κ3) is 3.03. The van der Waals surface area contributed by atoms with Crippen molar-refractivity contribution in [2.75, 3.05) is 13.7 Å². The van der Waals surface area contributed by atoms with Gasteiger partial charge in [-0.2, -0.15) is 0 Å². The van der Waals surface area contributed by atoms with E-state index in [1.54, 1.807) is 6.92 Å². The number of carbonyl (C=O) groups excluding carboxylic acids is 2. The largest absolute Gasteiger partial charge is 0.496 e. The van der Waals surface area contributed by atoms with Gasteiger partial charge in [-0.25, -0.2) is 9.18 Å². The van der Waals surface area contributed by atoms with Gasteiger partial charge in [0.1, 0.15) is 11.6 Å². The van der Waals surface area contributed by atoms with Crippen LogP contribution < -0.4 is 4.74 Å². The van der Waals surface area contributed by atoms with Gasteiger partial charge in [0, 0.05) is 0 Å². The molecule has 0 bridgehead atoms. The highest BCUT2D eigenvalue weighted by Gasteiger charge is 2.23. The first-order valence-corrected chi connectivity index (χ1v) is 5.55. The Labute approximate surface area is 106 Å². The lowest BCUT2D eigenvalue weighted by Crippen LogP contribution is -2.18. The molecule has 0 amide bonds. The summed E-state index contributed by atoms with van der Waals surface area (Å²) in [6.45, 7) is 1.65. The molecular weight excluding hydrogens is 295 g/mol. The molecule has 92 valence electrons. The van der Waals surface area contributed by atoms with Crippen LogP contribution in [0, 0.1) is 5.82 Å². The summed E-state index contributed by atoms with van der Waals surface area (Å²) < 4.78 is 22.9. The molecule has 0 saturated heterocycles. The average Bonchev–Trinajstić information content (AvgIpc) is 2.31. The molecule has 0 heterocycles. The van der Waals surface area contributed by atoms with E-state index in [-0.39, 0.29) is 22.4 Å². The van der Waals surface area contributed by atoms with Crippen LogP contribution >= 0.6 is 15.9 Å². The molecule has 1 rings (SSSR count). The number of esters is 1. The van der Waals surface area contributed by atoms with Crippen molar-refractivity contribution in [2.24, 2.45) is 0 Å². The number of ketones is 1. The zero-order valence-corrected chi connectivity index (χ0v) is 10.8. The molecule has 0 aliphatic rings. The number of ether oxygens (including phenoxy) is 2. The minimum atomic E-state index is -1.03.